The molecule has 0 bridgehead atoms. The van der Waals surface area contributed by atoms with Crippen LogP contribution in [0.4, 0.5) is 11.6 Å². The second-order valence-corrected chi connectivity index (χ2v) is 7.44. The zero-order chi connectivity index (χ0) is 25.4. The number of nitrogens with two attached hydrogens (primary N) is 1. The smallest absolute Gasteiger partial charge is 0.253 e. The molecule has 2 aromatic carbocycles. The summed E-state index contributed by atoms with van der Waals surface area (Å²) in [5, 5.41) is 19.8. The van der Waals surface area contributed by atoms with E-state index in [9.17, 15) is 4.79 Å². The lowest BCUT2D eigenvalue weighted by atomic mass is 10.0. The Morgan fingerprint density at radius 1 is 1.17 bits per heavy atom. The minimum Gasteiger partial charge on any atom is -0.493 e. The van der Waals surface area contributed by atoms with Crippen molar-refractivity contribution < 1.29 is 14.3 Å². The molecule has 35 heavy (non-hydrogen) atoms. The van der Waals surface area contributed by atoms with Gasteiger partial charge >= 0.3 is 0 Å². The Morgan fingerprint density at radius 3 is 2.34 bits per heavy atom. The summed E-state index contributed by atoms with van der Waals surface area (Å²) in [5.41, 5.74) is 7.42. The Bertz CT molecular complexity index is 1210. The predicted molar refractivity (Wildman–Crippen MR) is 135 cm³/mol. The van der Waals surface area contributed by atoms with Crippen LogP contribution < -0.4 is 30.8 Å². The van der Waals surface area contributed by atoms with Gasteiger partial charge in [-0.15, -0.1) is 5.10 Å². The molecule has 1 atom stereocenters. The first kappa shape index (κ1) is 25.2. The van der Waals surface area contributed by atoms with Crippen molar-refractivity contribution in [2.75, 3.05) is 31.6 Å². The second kappa shape index (κ2) is 11.7. The molecule has 0 spiro atoms. The first-order valence-electron chi connectivity index (χ1n) is 10.3. The number of amides is 1. The topological polar surface area (TPSA) is 151 Å². The summed E-state index contributed by atoms with van der Waals surface area (Å²) in [4.78, 5) is 20.0. The number of hydrogen-bond acceptors (Lipinski definition) is 8. The van der Waals surface area contributed by atoms with Crippen LogP contribution in [0.2, 0.25) is 5.02 Å². The Kier molecular flexibility index (Phi) is 8.41. The Morgan fingerprint density at radius 2 is 1.80 bits per heavy atom. The maximum atomic E-state index is 11.8. The number of benzene rings is 2. The highest BCUT2D eigenvalue weighted by molar-refractivity contribution is 6.32. The number of methoxy groups -OCH3 is 2. The number of aromatic nitrogens is 2. The van der Waals surface area contributed by atoms with E-state index in [0.717, 1.165) is 5.01 Å². The van der Waals surface area contributed by atoms with Crippen LogP contribution in [0.1, 0.15) is 17.2 Å². The second-order valence-electron chi connectivity index (χ2n) is 7.03. The van der Waals surface area contributed by atoms with Gasteiger partial charge in [0.05, 0.1) is 19.2 Å². The van der Waals surface area contributed by atoms with E-state index < -0.39 is 6.04 Å². The van der Waals surface area contributed by atoms with Gasteiger partial charge in [0.1, 0.15) is 11.9 Å². The Labute approximate surface area is 207 Å². The SMILES string of the molecule is CN/C(=N\N(C=O)c1ncccn1)C(Nc1ccc(C(=N)N)cc1)c1cc(OC)c(OC)cc1Cl. The molecule has 12 heteroatoms. The van der Waals surface area contributed by atoms with Crippen LogP contribution in [0.25, 0.3) is 0 Å². The molecule has 3 rings (SSSR count). The Hall–Kier alpha value is -4.38. The standard InChI is InChI=1S/C23H25ClN8O3/c1-27-22(31-32(13-33)23-28-9-4-10-29-23)20(30-15-7-5-14(6-8-15)21(25)26)16-11-18(34-2)19(35-3)12-17(16)24/h4-13,20,30H,1-3H3,(H3,25,26)(H,27,31). The van der Waals surface area contributed by atoms with Crippen LogP contribution in [0, 0.1) is 5.41 Å². The number of nitrogens with zero attached hydrogens (tertiary/aromatic N) is 4. The lowest BCUT2D eigenvalue weighted by molar-refractivity contribution is -0.107. The average molecular weight is 497 g/mol. The van der Waals surface area contributed by atoms with Gasteiger partial charge in [-0.1, -0.05) is 11.6 Å². The number of carbonyl (C=O) groups excluding carboxylic acids is 1. The molecule has 0 aliphatic carbocycles. The predicted octanol–water partition coefficient (Wildman–Crippen LogP) is 2.78. The van der Waals surface area contributed by atoms with Crippen LogP contribution in [-0.4, -0.2) is 49.3 Å². The summed E-state index contributed by atoms with van der Waals surface area (Å²) in [6.07, 6.45) is 3.51. The van der Waals surface area contributed by atoms with Crippen molar-refractivity contribution >= 4 is 41.3 Å². The minimum atomic E-state index is -0.679. The number of ether oxygens (including phenoxy) is 2. The van der Waals surface area contributed by atoms with E-state index >= 15 is 0 Å². The van der Waals surface area contributed by atoms with E-state index in [1.807, 2.05) is 0 Å². The van der Waals surface area contributed by atoms with Gasteiger partial charge < -0.3 is 25.8 Å². The van der Waals surface area contributed by atoms with Gasteiger partial charge in [0.15, 0.2) is 17.3 Å². The van der Waals surface area contributed by atoms with Gasteiger partial charge in [-0.3, -0.25) is 10.2 Å². The maximum absolute atomic E-state index is 11.8. The van der Waals surface area contributed by atoms with Crippen LogP contribution in [0.3, 0.4) is 0 Å². The number of likely N-dealkylation sites (N-methyl/N-ethyl adjacent to an activating group) is 1. The van der Waals surface area contributed by atoms with E-state index in [1.165, 1.54) is 26.6 Å². The molecule has 3 aromatic rings. The highest BCUT2D eigenvalue weighted by Crippen LogP contribution is 2.37. The minimum absolute atomic E-state index is 0.0435. The maximum Gasteiger partial charge on any atom is 0.253 e. The van der Waals surface area contributed by atoms with Crippen LogP contribution in [0.15, 0.2) is 60.0 Å². The third-order valence-electron chi connectivity index (χ3n) is 4.92. The summed E-state index contributed by atoms with van der Waals surface area (Å²) < 4.78 is 10.8. The zero-order valence-electron chi connectivity index (χ0n) is 19.3. The van der Waals surface area contributed by atoms with Gasteiger partial charge in [-0.2, -0.15) is 5.01 Å². The van der Waals surface area contributed by atoms with E-state index in [1.54, 1.807) is 49.5 Å². The van der Waals surface area contributed by atoms with E-state index in [0.29, 0.717) is 45.6 Å². The van der Waals surface area contributed by atoms with Gasteiger partial charge in [0.2, 0.25) is 6.41 Å². The molecule has 0 saturated carbocycles. The van der Waals surface area contributed by atoms with E-state index in [4.69, 9.17) is 32.2 Å². The summed E-state index contributed by atoms with van der Waals surface area (Å²) in [6, 6.07) is 11.3. The van der Waals surface area contributed by atoms with Crippen LogP contribution >= 0.6 is 11.6 Å². The lowest BCUT2D eigenvalue weighted by Crippen LogP contribution is -2.34. The highest BCUT2D eigenvalue weighted by Gasteiger charge is 2.25. The number of anilines is 2. The first-order valence-corrected chi connectivity index (χ1v) is 10.7. The lowest BCUT2D eigenvalue weighted by Gasteiger charge is -2.25. The monoisotopic (exact) mass is 496 g/mol. The summed E-state index contributed by atoms with van der Waals surface area (Å²) in [5.74, 6) is 1.30. The van der Waals surface area contributed by atoms with Crippen molar-refractivity contribution in [3.63, 3.8) is 0 Å². The first-order chi connectivity index (χ1) is 16.9. The fourth-order valence-electron chi connectivity index (χ4n) is 3.19. The van der Waals surface area contributed by atoms with E-state index in [2.05, 4.69) is 25.7 Å². The van der Waals surface area contributed by atoms with E-state index in [-0.39, 0.29) is 11.8 Å². The third kappa shape index (κ3) is 5.95. The molecule has 5 N–H and O–H groups in total. The number of halogens is 1. The molecule has 1 amide bonds. The van der Waals surface area contributed by atoms with Gasteiger partial charge in [-0.05, 0) is 36.4 Å². The number of carbonyl (C=O) groups is 1. The average Bonchev–Trinajstić information content (AvgIpc) is 2.89. The number of hydrazone groups is 1. The molecule has 1 heterocycles. The molecule has 0 radical (unpaired) electrons. The number of hydrogen-bond donors (Lipinski definition) is 4. The van der Waals surface area contributed by atoms with Crippen molar-refractivity contribution in [3.8, 4) is 11.5 Å². The van der Waals surface area contributed by atoms with Crippen molar-refractivity contribution in [1.29, 1.82) is 5.41 Å². The molecular weight excluding hydrogens is 472 g/mol. The van der Waals surface area contributed by atoms with Crippen LogP contribution in [0.5, 0.6) is 11.5 Å². The summed E-state index contributed by atoms with van der Waals surface area (Å²) >= 11 is 6.64. The molecule has 0 aliphatic heterocycles. The molecule has 0 fully saturated rings. The summed E-state index contributed by atoms with van der Waals surface area (Å²) in [6.45, 7) is 0. The molecule has 11 nitrogen and oxygen atoms in total. The highest BCUT2D eigenvalue weighted by atomic mass is 35.5. The Balaban J connectivity index is 2.12. The third-order valence-corrected chi connectivity index (χ3v) is 5.25. The van der Waals surface area contributed by atoms with Crippen molar-refractivity contribution in [2.24, 2.45) is 10.8 Å². The summed E-state index contributed by atoms with van der Waals surface area (Å²) in [7, 11) is 4.70. The fourth-order valence-corrected chi connectivity index (χ4v) is 3.45. The molecule has 1 aromatic heterocycles. The number of amidine groups is 2. The number of nitrogens with one attached hydrogen (secondary N) is 3. The van der Waals surface area contributed by atoms with Crippen LogP contribution in [-0.2, 0) is 4.79 Å². The molecule has 0 saturated heterocycles. The number of nitrogen functional groups attached to an aromatic ring is 1. The number of rotatable bonds is 10. The molecule has 0 aliphatic rings. The molecule has 1 unspecified atom stereocenters. The normalized spacial score (nSPS) is 11.8. The molecular formula is C23H25ClN8O3. The zero-order valence-corrected chi connectivity index (χ0v) is 20.1. The quantitative estimate of drug-likeness (QED) is 0.145. The fraction of sp³-hybridized carbons (Fsp3) is 0.174. The van der Waals surface area contributed by atoms with Crippen molar-refractivity contribution in [2.45, 2.75) is 6.04 Å². The van der Waals surface area contributed by atoms with Gasteiger partial charge in [0.25, 0.3) is 5.95 Å². The van der Waals surface area contributed by atoms with Crippen molar-refractivity contribution in [3.05, 3.63) is 71.0 Å². The molecule has 182 valence electrons. The largest absolute Gasteiger partial charge is 0.493 e. The van der Waals surface area contributed by atoms with Gasteiger partial charge in [0, 0.05) is 42.3 Å². The van der Waals surface area contributed by atoms with Crippen molar-refractivity contribution in [1.82, 2.24) is 15.3 Å². The van der Waals surface area contributed by atoms with Gasteiger partial charge in [-0.25, -0.2) is 9.97 Å².